The maximum absolute atomic E-state index is 13.9. The van der Waals surface area contributed by atoms with E-state index in [2.05, 4.69) is 22.6 Å². The predicted octanol–water partition coefficient (Wildman–Crippen LogP) is 7.25. The third-order valence-electron chi connectivity index (χ3n) is 4.61. The smallest absolute Gasteiger partial charge is 0.341 e. The molecule has 172 valence electrons. The quantitative estimate of drug-likeness (QED) is 0.202. The van der Waals surface area contributed by atoms with Gasteiger partial charge in [0, 0.05) is 10.6 Å². The first kappa shape index (κ1) is 25.2. The first-order chi connectivity index (χ1) is 15.8. The average molecular weight is 584 g/mol. The van der Waals surface area contributed by atoms with Gasteiger partial charge in [-0.1, -0.05) is 54.6 Å². The van der Waals surface area contributed by atoms with Gasteiger partial charge < -0.3 is 9.84 Å². The summed E-state index contributed by atoms with van der Waals surface area (Å²) in [6.45, 7) is -0.407. The fraction of sp³-hybridized carbons (Fsp3) is 0.160. The van der Waals surface area contributed by atoms with Crippen molar-refractivity contribution >= 4 is 45.9 Å². The molecule has 0 fully saturated rings. The van der Waals surface area contributed by atoms with Crippen LogP contribution >= 0.6 is 34.4 Å². The van der Waals surface area contributed by atoms with Crippen LogP contribution in [0.1, 0.15) is 22.9 Å². The predicted molar refractivity (Wildman–Crippen MR) is 133 cm³/mol. The van der Waals surface area contributed by atoms with E-state index in [-0.39, 0.29) is 5.56 Å². The maximum atomic E-state index is 13.9. The molecule has 0 amide bonds. The van der Waals surface area contributed by atoms with Crippen molar-refractivity contribution in [3.05, 3.63) is 99.1 Å². The number of halogens is 4. The molecule has 1 atom stereocenters. The van der Waals surface area contributed by atoms with E-state index in [4.69, 9.17) is 9.84 Å². The van der Waals surface area contributed by atoms with Crippen LogP contribution in [0.15, 0.2) is 83.8 Å². The SMILES string of the molecule is O=C(O)COc1ccc(SCC=C(c2ccccc2)c2cccc(C(F)C(F)F)c2)cc1I. The van der Waals surface area contributed by atoms with E-state index in [1.54, 1.807) is 30.0 Å². The van der Waals surface area contributed by atoms with E-state index in [0.717, 1.165) is 19.6 Å². The Labute approximate surface area is 207 Å². The topological polar surface area (TPSA) is 46.5 Å². The number of benzene rings is 3. The van der Waals surface area contributed by atoms with E-state index in [1.807, 2.05) is 48.5 Å². The third-order valence-corrected chi connectivity index (χ3v) is 6.38. The Morgan fingerprint density at radius 3 is 2.39 bits per heavy atom. The van der Waals surface area contributed by atoms with E-state index in [1.165, 1.54) is 12.1 Å². The Balaban J connectivity index is 1.82. The minimum absolute atomic E-state index is 0.0523. The zero-order valence-electron chi connectivity index (χ0n) is 17.3. The van der Waals surface area contributed by atoms with Gasteiger partial charge in [-0.15, -0.1) is 11.8 Å². The van der Waals surface area contributed by atoms with Crippen molar-refractivity contribution in [2.45, 2.75) is 17.5 Å². The maximum Gasteiger partial charge on any atom is 0.341 e. The van der Waals surface area contributed by atoms with Gasteiger partial charge in [-0.05, 0) is 69.1 Å². The number of rotatable bonds is 10. The molecule has 0 radical (unpaired) electrons. The second-order valence-corrected chi connectivity index (χ2v) is 9.19. The summed E-state index contributed by atoms with van der Waals surface area (Å²) in [7, 11) is 0. The lowest BCUT2D eigenvalue weighted by molar-refractivity contribution is -0.139. The zero-order valence-corrected chi connectivity index (χ0v) is 20.2. The molecule has 3 aromatic rings. The number of thioether (sulfide) groups is 1. The molecule has 1 unspecified atom stereocenters. The van der Waals surface area contributed by atoms with E-state index < -0.39 is 25.2 Å². The molecule has 0 heterocycles. The summed E-state index contributed by atoms with van der Waals surface area (Å²) < 4.78 is 45.7. The van der Waals surface area contributed by atoms with Gasteiger partial charge in [0.25, 0.3) is 6.43 Å². The number of hydrogen-bond acceptors (Lipinski definition) is 3. The molecule has 0 saturated carbocycles. The van der Waals surface area contributed by atoms with Crippen molar-refractivity contribution < 1.29 is 27.8 Å². The molecule has 0 aliphatic rings. The van der Waals surface area contributed by atoms with Gasteiger partial charge in [-0.25, -0.2) is 18.0 Å². The highest BCUT2D eigenvalue weighted by atomic mass is 127. The number of aliphatic carboxylic acids is 1. The second kappa shape index (κ2) is 12.1. The Morgan fingerprint density at radius 2 is 1.73 bits per heavy atom. The van der Waals surface area contributed by atoms with Crippen molar-refractivity contribution in [2.24, 2.45) is 0 Å². The van der Waals surface area contributed by atoms with Crippen LogP contribution in [0.2, 0.25) is 0 Å². The number of carboxylic acids is 1. The summed E-state index contributed by atoms with van der Waals surface area (Å²) in [5.41, 5.74) is 2.33. The van der Waals surface area contributed by atoms with Gasteiger partial charge in [0.1, 0.15) is 5.75 Å². The lowest BCUT2D eigenvalue weighted by atomic mass is 9.95. The Kier molecular flexibility index (Phi) is 9.25. The summed E-state index contributed by atoms with van der Waals surface area (Å²) in [4.78, 5) is 11.6. The van der Waals surface area contributed by atoms with Gasteiger partial charge in [0.15, 0.2) is 12.8 Å². The minimum atomic E-state index is -3.08. The molecule has 0 bridgehead atoms. The molecule has 0 spiro atoms. The van der Waals surface area contributed by atoms with Crippen LogP contribution in [0.4, 0.5) is 13.2 Å². The number of alkyl halides is 3. The number of ether oxygens (including phenoxy) is 1. The molecule has 0 saturated heterocycles. The summed E-state index contributed by atoms with van der Waals surface area (Å²) in [5.74, 6) is 0.0346. The molecule has 3 nitrogen and oxygen atoms in total. The van der Waals surface area contributed by atoms with Gasteiger partial charge in [-0.3, -0.25) is 0 Å². The number of carbonyl (C=O) groups is 1. The van der Waals surface area contributed by atoms with Crippen molar-refractivity contribution in [3.63, 3.8) is 0 Å². The highest BCUT2D eigenvalue weighted by Gasteiger charge is 2.22. The van der Waals surface area contributed by atoms with Crippen LogP contribution in [0, 0.1) is 3.57 Å². The lowest BCUT2D eigenvalue weighted by Gasteiger charge is -2.13. The normalized spacial score (nSPS) is 12.6. The van der Waals surface area contributed by atoms with Crippen LogP contribution in [-0.4, -0.2) is 29.9 Å². The average Bonchev–Trinajstić information content (AvgIpc) is 2.81. The highest BCUT2D eigenvalue weighted by molar-refractivity contribution is 14.1. The fourth-order valence-corrected chi connectivity index (χ4v) is 4.78. The van der Waals surface area contributed by atoms with Crippen LogP contribution in [-0.2, 0) is 4.79 Å². The largest absolute Gasteiger partial charge is 0.481 e. The molecule has 0 aliphatic heterocycles. The Bertz CT molecular complexity index is 1120. The fourth-order valence-electron chi connectivity index (χ4n) is 3.09. The zero-order chi connectivity index (χ0) is 23.8. The van der Waals surface area contributed by atoms with Crippen molar-refractivity contribution in [2.75, 3.05) is 12.4 Å². The second-order valence-electron chi connectivity index (χ2n) is 6.93. The summed E-state index contributed by atoms with van der Waals surface area (Å²) >= 11 is 3.64. The molecule has 8 heteroatoms. The first-order valence-electron chi connectivity index (χ1n) is 9.90. The van der Waals surface area contributed by atoms with E-state index >= 15 is 0 Å². The molecule has 1 N–H and O–H groups in total. The molecular weight excluding hydrogens is 564 g/mol. The van der Waals surface area contributed by atoms with Gasteiger partial charge in [0.05, 0.1) is 3.57 Å². The van der Waals surface area contributed by atoms with E-state index in [9.17, 15) is 18.0 Å². The summed E-state index contributed by atoms with van der Waals surface area (Å²) in [5, 5.41) is 8.75. The molecular formula is C25H20F3IO3S. The minimum Gasteiger partial charge on any atom is -0.481 e. The van der Waals surface area contributed by atoms with Crippen LogP contribution in [0.5, 0.6) is 5.75 Å². The molecule has 0 aromatic heterocycles. The highest BCUT2D eigenvalue weighted by Crippen LogP contribution is 2.32. The van der Waals surface area contributed by atoms with Gasteiger partial charge >= 0.3 is 5.97 Å². The number of hydrogen-bond donors (Lipinski definition) is 1. The molecule has 3 aromatic carbocycles. The molecule has 3 rings (SSSR count). The van der Waals surface area contributed by atoms with Crippen molar-refractivity contribution in [3.8, 4) is 5.75 Å². The monoisotopic (exact) mass is 584 g/mol. The standard InChI is InChI=1S/C25H20F3IO3S/c26-24(25(27)28)18-8-4-7-17(13-18)20(16-5-2-1-3-6-16)11-12-33-19-9-10-22(21(29)14-19)32-15-23(30)31/h1-11,13-14,24-25H,12,15H2,(H,30,31). The van der Waals surface area contributed by atoms with Crippen LogP contribution in [0.25, 0.3) is 5.57 Å². The molecule has 33 heavy (non-hydrogen) atoms. The third kappa shape index (κ3) is 7.26. The van der Waals surface area contributed by atoms with E-state index in [0.29, 0.717) is 17.1 Å². The van der Waals surface area contributed by atoms with Crippen LogP contribution < -0.4 is 4.74 Å². The van der Waals surface area contributed by atoms with Crippen molar-refractivity contribution in [1.29, 1.82) is 0 Å². The summed E-state index contributed by atoms with van der Waals surface area (Å²) in [6.07, 6.45) is -3.43. The van der Waals surface area contributed by atoms with Crippen LogP contribution in [0.3, 0.4) is 0 Å². The summed E-state index contributed by atoms with van der Waals surface area (Å²) in [6, 6.07) is 21.2. The Morgan fingerprint density at radius 1 is 1.00 bits per heavy atom. The van der Waals surface area contributed by atoms with Gasteiger partial charge in [-0.2, -0.15) is 0 Å². The molecule has 0 aliphatic carbocycles. The Hall–Kier alpha value is -2.46. The van der Waals surface area contributed by atoms with Gasteiger partial charge in [0.2, 0.25) is 0 Å². The van der Waals surface area contributed by atoms with Crippen molar-refractivity contribution in [1.82, 2.24) is 0 Å². The first-order valence-corrected chi connectivity index (χ1v) is 12.0. The lowest BCUT2D eigenvalue weighted by Crippen LogP contribution is -2.10. The number of carboxylic acid groups (broad SMARTS) is 1.